The fraction of sp³-hybridized carbons (Fsp3) is 0.684. The van der Waals surface area contributed by atoms with E-state index in [4.69, 9.17) is 4.74 Å². The summed E-state index contributed by atoms with van der Waals surface area (Å²) in [5.41, 5.74) is -0.105. The molecular weight excluding hydrogens is 318 g/mol. The van der Waals surface area contributed by atoms with E-state index in [9.17, 15) is 9.90 Å². The first kappa shape index (κ1) is 16.9. The minimum absolute atomic E-state index is 0.0654. The summed E-state index contributed by atoms with van der Waals surface area (Å²) in [5.74, 6) is 0.0654. The van der Waals surface area contributed by atoms with Gasteiger partial charge in [0.1, 0.15) is 5.60 Å². The average molecular weight is 345 g/mol. The Morgan fingerprint density at radius 3 is 2.76 bits per heavy atom. The minimum atomic E-state index is -0.863. The number of carbonyl (C=O) groups is 1. The van der Waals surface area contributed by atoms with Crippen molar-refractivity contribution in [2.45, 2.75) is 62.3 Å². The van der Waals surface area contributed by atoms with Crippen molar-refractivity contribution in [2.24, 2.45) is 0 Å². The highest BCUT2D eigenvalue weighted by Crippen LogP contribution is 2.44. The van der Waals surface area contributed by atoms with Gasteiger partial charge in [-0.2, -0.15) is 0 Å². The number of hydrogen-bond donors (Lipinski definition) is 2. The van der Waals surface area contributed by atoms with Crippen molar-refractivity contribution in [3.8, 4) is 0 Å². The molecule has 6 heteroatoms. The molecule has 3 aliphatic heterocycles. The lowest BCUT2D eigenvalue weighted by atomic mass is 9.83. The number of amides is 1. The van der Waals surface area contributed by atoms with Crippen molar-refractivity contribution in [3.05, 3.63) is 30.1 Å². The second-order valence-electron chi connectivity index (χ2n) is 7.65. The Hall–Kier alpha value is -1.50. The van der Waals surface area contributed by atoms with Crippen molar-refractivity contribution in [2.75, 3.05) is 19.7 Å². The molecule has 3 saturated heterocycles. The highest BCUT2D eigenvalue weighted by atomic mass is 16.5. The number of hydrogen-bond acceptors (Lipinski definition) is 5. The van der Waals surface area contributed by atoms with Gasteiger partial charge in [-0.1, -0.05) is 6.07 Å². The van der Waals surface area contributed by atoms with E-state index in [2.05, 4.69) is 15.2 Å². The third kappa shape index (κ3) is 3.57. The second-order valence-corrected chi connectivity index (χ2v) is 7.65. The van der Waals surface area contributed by atoms with Crippen LogP contribution in [-0.4, -0.2) is 58.8 Å². The molecule has 4 heterocycles. The van der Waals surface area contributed by atoms with E-state index < -0.39 is 5.60 Å². The maximum atomic E-state index is 12.3. The first-order valence-corrected chi connectivity index (χ1v) is 9.42. The summed E-state index contributed by atoms with van der Waals surface area (Å²) in [6, 6.07) is 6.20. The van der Waals surface area contributed by atoms with Crippen LogP contribution in [0, 0.1) is 0 Å². The maximum Gasteiger partial charge on any atom is 0.234 e. The summed E-state index contributed by atoms with van der Waals surface area (Å²) in [4.78, 5) is 19.0. The van der Waals surface area contributed by atoms with Gasteiger partial charge in [-0.25, -0.2) is 0 Å². The largest absolute Gasteiger partial charge is 0.383 e. The van der Waals surface area contributed by atoms with Crippen molar-refractivity contribution in [1.82, 2.24) is 15.2 Å². The molecule has 136 valence electrons. The lowest BCUT2D eigenvalue weighted by Gasteiger charge is -2.43. The van der Waals surface area contributed by atoms with Crippen LogP contribution < -0.4 is 5.32 Å². The summed E-state index contributed by atoms with van der Waals surface area (Å²) in [5, 5.41) is 14.1. The molecule has 1 aromatic rings. The summed E-state index contributed by atoms with van der Waals surface area (Å²) in [7, 11) is 0. The number of piperidine rings is 1. The predicted molar refractivity (Wildman–Crippen MR) is 92.9 cm³/mol. The van der Waals surface area contributed by atoms with Gasteiger partial charge in [-0.15, -0.1) is 0 Å². The van der Waals surface area contributed by atoms with E-state index in [1.54, 1.807) is 6.20 Å². The van der Waals surface area contributed by atoms with E-state index in [1.807, 2.05) is 18.2 Å². The standard InChI is InChI=1S/C19H27N3O3/c23-18(21-12-16-4-3-9-25-16)13-22-14-6-7-15(22)11-19(24,10-14)17-5-1-2-8-20-17/h1-2,5,8,14-16,24H,3-4,6-7,9-13H2,(H,21,23)/t14-,15-,16-/m0/s1. The molecule has 2 N–H and O–H groups in total. The maximum absolute atomic E-state index is 12.3. The Morgan fingerprint density at radius 1 is 1.32 bits per heavy atom. The molecule has 0 saturated carbocycles. The first-order valence-electron chi connectivity index (χ1n) is 9.42. The Morgan fingerprint density at radius 2 is 2.12 bits per heavy atom. The van der Waals surface area contributed by atoms with Crippen LogP contribution in [0.5, 0.6) is 0 Å². The molecule has 1 amide bonds. The number of nitrogens with zero attached hydrogens (tertiary/aromatic N) is 2. The number of rotatable bonds is 5. The van der Waals surface area contributed by atoms with Crippen LogP contribution in [0.15, 0.2) is 24.4 Å². The van der Waals surface area contributed by atoms with Gasteiger partial charge in [0.25, 0.3) is 0 Å². The fourth-order valence-corrected chi connectivity index (χ4v) is 4.68. The summed E-state index contributed by atoms with van der Waals surface area (Å²) < 4.78 is 5.56. The number of nitrogens with one attached hydrogen (secondary N) is 1. The van der Waals surface area contributed by atoms with Crippen LogP contribution in [0.25, 0.3) is 0 Å². The van der Waals surface area contributed by atoms with Crippen LogP contribution in [0.4, 0.5) is 0 Å². The van der Waals surface area contributed by atoms with Gasteiger partial charge in [0.05, 0.1) is 18.3 Å². The number of aliphatic hydroxyl groups is 1. The lowest BCUT2D eigenvalue weighted by Crippen LogP contribution is -2.53. The van der Waals surface area contributed by atoms with Gasteiger partial charge >= 0.3 is 0 Å². The number of carbonyl (C=O) groups excluding carboxylic acids is 1. The van der Waals surface area contributed by atoms with E-state index in [0.717, 1.165) is 38.0 Å². The summed E-state index contributed by atoms with van der Waals surface area (Å²) >= 11 is 0. The number of aromatic nitrogens is 1. The van der Waals surface area contributed by atoms with Crippen molar-refractivity contribution >= 4 is 5.91 Å². The molecule has 0 aromatic carbocycles. The third-order valence-corrected chi connectivity index (χ3v) is 5.94. The van der Waals surface area contributed by atoms with Crippen molar-refractivity contribution < 1.29 is 14.6 Å². The smallest absolute Gasteiger partial charge is 0.234 e. The van der Waals surface area contributed by atoms with Gasteiger partial charge in [-0.3, -0.25) is 14.7 Å². The molecule has 3 atom stereocenters. The van der Waals surface area contributed by atoms with Crippen LogP contribution in [-0.2, 0) is 15.1 Å². The summed E-state index contributed by atoms with van der Waals surface area (Å²) in [6.45, 7) is 1.84. The van der Waals surface area contributed by atoms with Gasteiger partial charge in [0.15, 0.2) is 0 Å². The molecule has 0 unspecified atom stereocenters. The first-order chi connectivity index (χ1) is 12.1. The predicted octanol–water partition coefficient (Wildman–Crippen LogP) is 1.19. The van der Waals surface area contributed by atoms with Gasteiger partial charge in [-0.05, 0) is 50.7 Å². The lowest BCUT2D eigenvalue weighted by molar-refractivity contribution is -0.126. The average Bonchev–Trinajstić information content (AvgIpc) is 3.22. The molecule has 0 spiro atoms. The molecular formula is C19H27N3O3. The highest BCUT2D eigenvalue weighted by Gasteiger charge is 2.49. The molecule has 1 aromatic heterocycles. The SMILES string of the molecule is O=C(CN1[C@H]2CC[C@H]1CC(O)(c1ccccn1)C2)NC[C@@H]1CCCO1. The topological polar surface area (TPSA) is 74.7 Å². The van der Waals surface area contributed by atoms with Crippen molar-refractivity contribution in [3.63, 3.8) is 0 Å². The van der Waals surface area contributed by atoms with Gasteiger partial charge < -0.3 is 15.2 Å². The fourth-order valence-electron chi connectivity index (χ4n) is 4.68. The number of fused-ring (bicyclic) bond motifs is 2. The van der Waals surface area contributed by atoms with E-state index in [1.165, 1.54) is 0 Å². The normalized spacial score (nSPS) is 35.0. The molecule has 2 bridgehead atoms. The zero-order valence-corrected chi connectivity index (χ0v) is 14.6. The van der Waals surface area contributed by atoms with Crippen LogP contribution in [0.1, 0.15) is 44.2 Å². The second kappa shape index (κ2) is 7.02. The minimum Gasteiger partial charge on any atom is -0.383 e. The van der Waals surface area contributed by atoms with E-state index >= 15 is 0 Å². The van der Waals surface area contributed by atoms with Crippen molar-refractivity contribution in [1.29, 1.82) is 0 Å². The Balaban J connectivity index is 1.35. The number of pyridine rings is 1. The third-order valence-electron chi connectivity index (χ3n) is 5.94. The highest BCUT2D eigenvalue weighted by molar-refractivity contribution is 5.78. The van der Waals surface area contributed by atoms with E-state index in [0.29, 0.717) is 25.9 Å². The van der Waals surface area contributed by atoms with Crippen LogP contribution in [0.2, 0.25) is 0 Å². The molecule has 4 rings (SSSR count). The Bertz CT molecular complexity index is 589. The monoisotopic (exact) mass is 345 g/mol. The quantitative estimate of drug-likeness (QED) is 0.839. The zero-order valence-electron chi connectivity index (χ0n) is 14.6. The van der Waals surface area contributed by atoms with Gasteiger partial charge in [0.2, 0.25) is 5.91 Å². The van der Waals surface area contributed by atoms with Crippen LogP contribution in [0.3, 0.4) is 0 Å². The molecule has 0 aliphatic carbocycles. The van der Waals surface area contributed by atoms with Crippen LogP contribution >= 0.6 is 0 Å². The number of ether oxygens (including phenoxy) is 1. The zero-order chi connectivity index (χ0) is 17.3. The molecule has 0 radical (unpaired) electrons. The Kier molecular flexibility index (Phi) is 4.75. The van der Waals surface area contributed by atoms with Gasteiger partial charge in [0, 0.05) is 31.4 Å². The molecule has 25 heavy (non-hydrogen) atoms. The Labute approximate surface area is 148 Å². The molecule has 3 fully saturated rings. The van der Waals surface area contributed by atoms with E-state index in [-0.39, 0.29) is 24.1 Å². The molecule has 3 aliphatic rings. The summed E-state index contributed by atoms with van der Waals surface area (Å²) in [6.07, 6.45) is 7.42. The molecule has 6 nitrogen and oxygen atoms in total.